The molecule has 8 heteroatoms. The zero-order valence-electron chi connectivity index (χ0n) is 15.3. The molecule has 0 spiro atoms. The van der Waals surface area contributed by atoms with E-state index in [4.69, 9.17) is 4.42 Å². The molecule has 0 fully saturated rings. The van der Waals surface area contributed by atoms with E-state index in [0.29, 0.717) is 23.0 Å². The van der Waals surface area contributed by atoms with Crippen LogP contribution in [0.2, 0.25) is 0 Å². The summed E-state index contributed by atoms with van der Waals surface area (Å²) in [6, 6.07) is 4.78. The van der Waals surface area contributed by atoms with Crippen LogP contribution in [0.5, 0.6) is 0 Å². The van der Waals surface area contributed by atoms with Gasteiger partial charge in [0.05, 0.1) is 17.1 Å². The molecule has 0 aliphatic heterocycles. The van der Waals surface area contributed by atoms with Crippen LogP contribution in [-0.2, 0) is 18.4 Å². The third-order valence-electron chi connectivity index (χ3n) is 4.72. The van der Waals surface area contributed by atoms with Crippen molar-refractivity contribution in [2.75, 3.05) is 0 Å². The minimum atomic E-state index is -0.744. The highest BCUT2D eigenvalue weighted by Gasteiger charge is 2.22. The molecule has 4 heterocycles. The lowest BCUT2D eigenvalue weighted by atomic mass is 10.2. The van der Waals surface area contributed by atoms with E-state index in [9.17, 15) is 9.59 Å². The Kier molecular flexibility index (Phi) is 4.02. The van der Waals surface area contributed by atoms with Crippen LogP contribution in [0, 0.1) is 6.92 Å². The van der Waals surface area contributed by atoms with Gasteiger partial charge in [-0.1, -0.05) is 0 Å². The van der Waals surface area contributed by atoms with Gasteiger partial charge in [-0.25, -0.2) is 4.68 Å². The van der Waals surface area contributed by atoms with E-state index in [1.807, 2.05) is 25.1 Å². The molecular formula is C19H19N5O3. The number of carbonyl (C=O) groups is 1. The maximum absolute atomic E-state index is 13.0. The van der Waals surface area contributed by atoms with Gasteiger partial charge in [-0.2, -0.15) is 5.10 Å². The van der Waals surface area contributed by atoms with Crippen molar-refractivity contribution in [2.24, 2.45) is 7.05 Å². The molecule has 1 atom stereocenters. The van der Waals surface area contributed by atoms with E-state index < -0.39 is 6.04 Å². The summed E-state index contributed by atoms with van der Waals surface area (Å²) in [4.78, 5) is 29.4. The molecular weight excluding hydrogens is 346 g/mol. The molecule has 138 valence electrons. The van der Waals surface area contributed by atoms with Crippen LogP contribution in [0.1, 0.15) is 24.3 Å². The lowest BCUT2D eigenvalue weighted by Gasteiger charge is -2.14. The summed E-state index contributed by atoms with van der Waals surface area (Å²) in [5.74, 6) is 0.486. The summed E-state index contributed by atoms with van der Waals surface area (Å²) in [5.41, 5.74) is 2.53. The van der Waals surface area contributed by atoms with Gasteiger partial charge in [0, 0.05) is 32.1 Å². The van der Waals surface area contributed by atoms with Crippen molar-refractivity contribution in [1.29, 1.82) is 0 Å². The van der Waals surface area contributed by atoms with Crippen molar-refractivity contribution < 1.29 is 9.21 Å². The Balaban J connectivity index is 1.66. The number of hydrogen-bond acceptors (Lipinski definition) is 5. The monoisotopic (exact) mass is 365 g/mol. The van der Waals surface area contributed by atoms with E-state index >= 15 is 0 Å². The number of aromatic nitrogens is 4. The summed E-state index contributed by atoms with van der Waals surface area (Å²) in [7, 11) is 1.81. The number of pyridine rings is 1. The number of nitrogens with zero attached hydrogens (tertiary/aromatic N) is 4. The number of amides is 1. The molecule has 0 bridgehead atoms. The first-order valence-corrected chi connectivity index (χ1v) is 8.60. The van der Waals surface area contributed by atoms with Crippen LogP contribution >= 0.6 is 0 Å². The second-order valence-corrected chi connectivity index (χ2v) is 6.54. The molecule has 4 aromatic heterocycles. The summed E-state index contributed by atoms with van der Waals surface area (Å²) >= 11 is 0. The number of rotatable bonds is 4. The van der Waals surface area contributed by atoms with Gasteiger partial charge in [0.15, 0.2) is 5.58 Å². The van der Waals surface area contributed by atoms with Gasteiger partial charge in [-0.05, 0) is 31.5 Å². The minimum Gasteiger partial charge on any atom is -0.459 e. The van der Waals surface area contributed by atoms with Gasteiger partial charge in [0.1, 0.15) is 17.3 Å². The molecule has 8 nitrogen and oxygen atoms in total. The van der Waals surface area contributed by atoms with Gasteiger partial charge in [-0.3, -0.25) is 14.6 Å². The highest BCUT2D eigenvalue weighted by Crippen LogP contribution is 2.28. The first-order chi connectivity index (χ1) is 13.0. The van der Waals surface area contributed by atoms with Crippen molar-refractivity contribution in [3.05, 3.63) is 58.5 Å². The molecule has 1 N–H and O–H groups in total. The second-order valence-electron chi connectivity index (χ2n) is 6.54. The first-order valence-electron chi connectivity index (χ1n) is 8.60. The summed E-state index contributed by atoms with van der Waals surface area (Å²) in [6.07, 6.45) is 4.91. The minimum absolute atomic E-state index is 0.283. The summed E-state index contributed by atoms with van der Waals surface area (Å²) in [6.45, 7) is 3.87. The molecule has 0 aromatic carbocycles. The third-order valence-corrected chi connectivity index (χ3v) is 4.72. The lowest BCUT2D eigenvalue weighted by Crippen LogP contribution is -2.37. The average molecular weight is 365 g/mol. The van der Waals surface area contributed by atoms with Crippen molar-refractivity contribution in [2.45, 2.75) is 26.4 Å². The van der Waals surface area contributed by atoms with E-state index in [0.717, 1.165) is 16.8 Å². The number of furan rings is 1. The van der Waals surface area contributed by atoms with Gasteiger partial charge >= 0.3 is 0 Å². The van der Waals surface area contributed by atoms with Crippen molar-refractivity contribution in [1.82, 2.24) is 24.6 Å². The van der Waals surface area contributed by atoms with Gasteiger partial charge in [0.2, 0.25) is 5.91 Å². The fourth-order valence-electron chi connectivity index (χ4n) is 3.24. The highest BCUT2D eigenvalue weighted by atomic mass is 16.3. The number of fused-ring (bicyclic) bond motifs is 3. The van der Waals surface area contributed by atoms with Crippen LogP contribution in [-0.4, -0.2) is 25.2 Å². The van der Waals surface area contributed by atoms with Crippen LogP contribution in [0.25, 0.3) is 22.0 Å². The Hall–Kier alpha value is -3.42. The predicted molar refractivity (Wildman–Crippen MR) is 100 cm³/mol. The van der Waals surface area contributed by atoms with Gasteiger partial charge in [-0.15, -0.1) is 0 Å². The van der Waals surface area contributed by atoms with Crippen LogP contribution in [0.15, 0.2) is 46.0 Å². The standard InChI is InChI=1S/C19H19N5O3/c1-11-8-15-17(27-11)14-10-22-24(19(26)16(14)23(15)3)12(2)18(25)21-9-13-4-6-20-7-5-13/h4-8,10,12H,9H2,1-3H3,(H,21,25)/t12-/m0/s1. The second kappa shape index (κ2) is 6.39. The molecule has 0 saturated carbocycles. The zero-order valence-corrected chi connectivity index (χ0v) is 15.3. The van der Waals surface area contributed by atoms with Crippen molar-refractivity contribution >= 4 is 27.9 Å². The predicted octanol–water partition coefficient (Wildman–Crippen LogP) is 2.06. The Morgan fingerprint density at radius 1 is 1.33 bits per heavy atom. The van der Waals surface area contributed by atoms with E-state index in [-0.39, 0.29) is 11.5 Å². The molecule has 4 rings (SSSR count). The lowest BCUT2D eigenvalue weighted by molar-refractivity contribution is -0.124. The molecule has 0 saturated heterocycles. The highest BCUT2D eigenvalue weighted by molar-refractivity contribution is 6.04. The Morgan fingerprint density at radius 2 is 2.07 bits per heavy atom. The van der Waals surface area contributed by atoms with E-state index in [1.54, 1.807) is 37.1 Å². The Labute approximate surface area is 154 Å². The van der Waals surface area contributed by atoms with E-state index in [1.165, 1.54) is 4.68 Å². The van der Waals surface area contributed by atoms with Crippen molar-refractivity contribution in [3.63, 3.8) is 0 Å². The largest absolute Gasteiger partial charge is 0.459 e. The average Bonchev–Trinajstić information content (AvgIpc) is 3.17. The van der Waals surface area contributed by atoms with Crippen molar-refractivity contribution in [3.8, 4) is 0 Å². The number of carbonyl (C=O) groups excluding carboxylic acids is 1. The van der Waals surface area contributed by atoms with Crippen LogP contribution in [0.3, 0.4) is 0 Å². The molecule has 0 unspecified atom stereocenters. The quantitative estimate of drug-likeness (QED) is 0.597. The molecule has 27 heavy (non-hydrogen) atoms. The smallest absolute Gasteiger partial charge is 0.292 e. The molecule has 4 aromatic rings. The van der Waals surface area contributed by atoms with Crippen LogP contribution < -0.4 is 10.9 Å². The molecule has 0 radical (unpaired) electrons. The fourth-order valence-corrected chi connectivity index (χ4v) is 3.24. The van der Waals surface area contributed by atoms with Crippen LogP contribution in [0.4, 0.5) is 0 Å². The van der Waals surface area contributed by atoms with Gasteiger partial charge < -0.3 is 14.3 Å². The maximum atomic E-state index is 13.0. The summed E-state index contributed by atoms with van der Waals surface area (Å²) in [5, 5.41) is 7.68. The fraction of sp³-hybridized carbons (Fsp3) is 0.263. The molecule has 0 aliphatic carbocycles. The molecule has 0 aliphatic rings. The van der Waals surface area contributed by atoms with Gasteiger partial charge in [0.25, 0.3) is 5.56 Å². The number of aryl methyl sites for hydroxylation is 2. The first kappa shape index (κ1) is 17.0. The third kappa shape index (κ3) is 2.79. The SMILES string of the molecule is Cc1cc2c(o1)c1cnn([C@@H](C)C(=O)NCc3ccncc3)c(=O)c1n2C. The van der Waals surface area contributed by atoms with E-state index in [2.05, 4.69) is 15.4 Å². The maximum Gasteiger partial charge on any atom is 0.292 e. The summed E-state index contributed by atoms with van der Waals surface area (Å²) < 4.78 is 8.68. The molecule has 1 amide bonds. The topological polar surface area (TPSA) is 95.0 Å². The number of hydrogen-bond donors (Lipinski definition) is 1. The Morgan fingerprint density at radius 3 is 2.81 bits per heavy atom. The Bertz CT molecular complexity index is 1200. The normalized spacial score (nSPS) is 12.6. The zero-order chi connectivity index (χ0) is 19.1. The number of nitrogens with one attached hydrogen (secondary N) is 1.